The van der Waals surface area contributed by atoms with E-state index in [1.807, 2.05) is 27.7 Å². The molecule has 0 saturated heterocycles. The second kappa shape index (κ2) is 10.5. The molecule has 24 heavy (non-hydrogen) atoms. The van der Waals surface area contributed by atoms with Crippen molar-refractivity contribution in [2.75, 3.05) is 14.1 Å². The molecule has 0 aliphatic rings. The fourth-order valence-corrected chi connectivity index (χ4v) is 2.81. The van der Waals surface area contributed by atoms with Crippen LogP contribution in [0.5, 0.6) is 0 Å². The topological polar surface area (TPSA) is 75.3 Å². The van der Waals surface area contributed by atoms with Crippen molar-refractivity contribution in [3.63, 3.8) is 0 Å². The van der Waals surface area contributed by atoms with Crippen LogP contribution in [0.4, 0.5) is 0 Å². The smallest absolute Gasteiger partial charge is 0.225 e. The van der Waals surface area contributed by atoms with Gasteiger partial charge in [0.25, 0.3) is 0 Å². The van der Waals surface area contributed by atoms with Crippen molar-refractivity contribution in [3.05, 3.63) is 0 Å². The maximum atomic E-state index is 11.9. The van der Waals surface area contributed by atoms with Crippen LogP contribution in [0.3, 0.4) is 0 Å². The number of carbonyl (C=O) groups is 3. The van der Waals surface area contributed by atoms with E-state index in [9.17, 15) is 14.4 Å². The number of hydrogen-bond donors (Lipinski definition) is 2. The van der Waals surface area contributed by atoms with Crippen LogP contribution in [0.1, 0.15) is 79.1 Å². The lowest BCUT2D eigenvalue weighted by atomic mass is 9.85. The first-order valence-electron chi connectivity index (χ1n) is 9.03. The van der Waals surface area contributed by atoms with E-state index in [2.05, 4.69) is 10.6 Å². The van der Waals surface area contributed by atoms with E-state index < -0.39 is 0 Å². The van der Waals surface area contributed by atoms with Crippen LogP contribution in [-0.2, 0) is 14.4 Å². The molecule has 0 unspecified atom stereocenters. The number of rotatable bonds is 12. The Morgan fingerprint density at radius 3 is 1.29 bits per heavy atom. The molecule has 0 radical (unpaired) electrons. The average Bonchev–Trinajstić information content (AvgIpc) is 2.53. The van der Waals surface area contributed by atoms with E-state index >= 15 is 0 Å². The highest BCUT2D eigenvalue weighted by atomic mass is 16.2. The third kappa shape index (κ3) is 8.46. The zero-order valence-corrected chi connectivity index (χ0v) is 16.4. The molecule has 0 saturated carbocycles. The van der Waals surface area contributed by atoms with Gasteiger partial charge in [0.05, 0.1) is 0 Å². The summed E-state index contributed by atoms with van der Waals surface area (Å²) in [6, 6.07) is 0. The van der Waals surface area contributed by atoms with Crippen LogP contribution in [0.15, 0.2) is 0 Å². The number of carbonyl (C=O) groups excluding carboxylic acids is 3. The minimum atomic E-state index is -0.372. The molecule has 0 fully saturated rings. The Morgan fingerprint density at radius 2 is 1.00 bits per heavy atom. The number of nitrogens with one attached hydrogen (secondary N) is 2. The molecule has 0 bridgehead atoms. The number of Topliss-reactive ketones (excluding diaryl/α,β-unsaturated/α-hetero) is 1. The summed E-state index contributed by atoms with van der Waals surface area (Å²) in [5.41, 5.74) is -0.744. The van der Waals surface area contributed by atoms with Gasteiger partial charge >= 0.3 is 0 Å². The van der Waals surface area contributed by atoms with Crippen molar-refractivity contribution >= 4 is 17.6 Å². The van der Waals surface area contributed by atoms with E-state index in [1.54, 1.807) is 14.1 Å². The van der Waals surface area contributed by atoms with Crippen LogP contribution >= 0.6 is 0 Å². The Balaban J connectivity index is 3.86. The Labute approximate surface area is 147 Å². The number of amides is 2. The van der Waals surface area contributed by atoms with Crippen molar-refractivity contribution < 1.29 is 14.4 Å². The fourth-order valence-electron chi connectivity index (χ4n) is 2.81. The number of ketones is 1. The van der Waals surface area contributed by atoms with Gasteiger partial charge in [0.2, 0.25) is 11.8 Å². The van der Waals surface area contributed by atoms with Gasteiger partial charge in [-0.2, -0.15) is 0 Å². The molecule has 0 spiro atoms. The van der Waals surface area contributed by atoms with E-state index in [0.717, 1.165) is 38.5 Å². The maximum absolute atomic E-state index is 11.9. The van der Waals surface area contributed by atoms with Crippen molar-refractivity contribution in [1.82, 2.24) is 10.6 Å². The predicted octanol–water partition coefficient (Wildman–Crippen LogP) is 3.22. The minimum absolute atomic E-state index is 0.0487. The van der Waals surface area contributed by atoms with Crippen molar-refractivity contribution in [3.8, 4) is 0 Å². The van der Waals surface area contributed by atoms with Gasteiger partial charge < -0.3 is 10.6 Å². The molecule has 0 aliphatic heterocycles. The molecule has 0 aromatic heterocycles. The van der Waals surface area contributed by atoms with Crippen LogP contribution in [0.2, 0.25) is 0 Å². The summed E-state index contributed by atoms with van der Waals surface area (Å²) >= 11 is 0. The van der Waals surface area contributed by atoms with Crippen molar-refractivity contribution in [2.24, 2.45) is 10.8 Å². The molecule has 0 heterocycles. The van der Waals surface area contributed by atoms with Crippen molar-refractivity contribution in [1.29, 1.82) is 0 Å². The summed E-state index contributed by atoms with van der Waals surface area (Å²) in [7, 11) is 3.30. The largest absolute Gasteiger partial charge is 0.359 e. The summed E-state index contributed by atoms with van der Waals surface area (Å²) in [6.45, 7) is 7.73. The van der Waals surface area contributed by atoms with Gasteiger partial charge in [-0.05, 0) is 25.7 Å². The summed E-state index contributed by atoms with van der Waals surface area (Å²) in [4.78, 5) is 35.3. The van der Waals surface area contributed by atoms with Gasteiger partial charge in [-0.25, -0.2) is 0 Å². The highest BCUT2D eigenvalue weighted by molar-refractivity contribution is 5.82. The second-order valence-electron chi connectivity index (χ2n) is 7.88. The SMILES string of the molecule is CNC(=O)C(C)(C)CCCCC(=O)CCCCC(C)(C)C(=O)NC. The van der Waals surface area contributed by atoms with Crippen LogP contribution in [-0.4, -0.2) is 31.7 Å². The molecule has 140 valence electrons. The van der Waals surface area contributed by atoms with Crippen LogP contribution < -0.4 is 10.6 Å². The monoisotopic (exact) mass is 340 g/mol. The summed E-state index contributed by atoms with van der Waals surface area (Å²) in [5, 5.41) is 5.36. The zero-order chi connectivity index (χ0) is 18.8. The average molecular weight is 341 g/mol. The molecule has 2 amide bonds. The molecular formula is C19H36N2O3. The molecule has 0 atom stereocenters. The Hall–Kier alpha value is -1.39. The van der Waals surface area contributed by atoms with E-state index in [1.165, 1.54) is 0 Å². The van der Waals surface area contributed by atoms with E-state index in [0.29, 0.717) is 12.8 Å². The third-order valence-corrected chi connectivity index (χ3v) is 4.70. The maximum Gasteiger partial charge on any atom is 0.225 e. The van der Waals surface area contributed by atoms with Gasteiger partial charge in [-0.3, -0.25) is 14.4 Å². The Bertz CT molecular complexity index is 390. The molecular weight excluding hydrogens is 304 g/mol. The summed E-state index contributed by atoms with van der Waals surface area (Å²) in [6.07, 6.45) is 6.20. The first kappa shape index (κ1) is 22.6. The summed E-state index contributed by atoms with van der Waals surface area (Å²) < 4.78 is 0. The van der Waals surface area contributed by atoms with E-state index in [4.69, 9.17) is 0 Å². The van der Waals surface area contributed by atoms with Gasteiger partial charge in [-0.1, -0.05) is 40.5 Å². The lowest BCUT2D eigenvalue weighted by Crippen LogP contribution is -2.34. The molecule has 0 aliphatic carbocycles. The predicted molar refractivity (Wildman–Crippen MR) is 97.6 cm³/mol. The first-order valence-corrected chi connectivity index (χ1v) is 9.03. The quantitative estimate of drug-likeness (QED) is 0.536. The zero-order valence-electron chi connectivity index (χ0n) is 16.4. The van der Waals surface area contributed by atoms with E-state index in [-0.39, 0.29) is 28.4 Å². The van der Waals surface area contributed by atoms with Crippen LogP contribution in [0, 0.1) is 10.8 Å². The molecule has 2 N–H and O–H groups in total. The third-order valence-electron chi connectivity index (χ3n) is 4.70. The highest BCUT2D eigenvalue weighted by Gasteiger charge is 2.26. The molecule has 0 aromatic carbocycles. The second-order valence-corrected chi connectivity index (χ2v) is 7.88. The van der Waals surface area contributed by atoms with Gasteiger partial charge in [0, 0.05) is 37.8 Å². The molecule has 5 nitrogen and oxygen atoms in total. The van der Waals surface area contributed by atoms with Gasteiger partial charge in [0.15, 0.2) is 0 Å². The normalized spacial score (nSPS) is 11.9. The fraction of sp³-hybridized carbons (Fsp3) is 0.842. The van der Waals surface area contributed by atoms with Crippen LogP contribution in [0.25, 0.3) is 0 Å². The van der Waals surface area contributed by atoms with Gasteiger partial charge in [0.1, 0.15) is 5.78 Å². The van der Waals surface area contributed by atoms with Crippen molar-refractivity contribution in [2.45, 2.75) is 79.1 Å². The number of hydrogen-bond acceptors (Lipinski definition) is 3. The highest BCUT2D eigenvalue weighted by Crippen LogP contribution is 2.25. The standard InChI is InChI=1S/C19H36N2O3/c1-18(2,16(23)20-5)13-9-7-11-15(22)12-8-10-14-19(3,4)17(24)21-6/h7-14H2,1-6H3,(H,20,23)(H,21,24). The first-order chi connectivity index (χ1) is 11.1. The lowest BCUT2D eigenvalue weighted by molar-refractivity contribution is -0.129. The summed E-state index contributed by atoms with van der Waals surface area (Å²) in [5.74, 6) is 0.380. The number of unbranched alkanes of at least 4 members (excludes halogenated alkanes) is 2. The van der Waals surface area contributed by atoms with Gasteiger partial charge in [-0.15, -0.1) is 0 Å². The lowest BCUT2D eigenvalue weighted by Gasteiger charge is -2.22. The molecule has 0 rings (SSSR count). The minimum Gasteiger partial charge on any atom is -0.359 e. The Morgan fingerprint density at radius 1 is 0.667 bits per heavy atom. The Kier molecular flexibility index (Phi) is 9.86. The molecule has 5 heteroatoms. The molecule has 0 aromatic rings.